The van der Waals surface area contributed by atoms with Crippen molar-refractivity contribution in [2.45, 2.75) is 43.9 Å². The van der Waals surface area contributed by atoms with Crippen molar-refractivity contribution in [2.24, 2.45) is 5.73 Å². The average Bonchev–Trinajstić information content (AvgIpc) is 3.38. The fourth-order valence-corrected chi connectivity index (χ4v) is 5.05. The quantitative estimate of drug-likeness (QED) is 0.433. The van der Waals surface area contributed by atoms with Crippen LogP contribution in [0.15, 0.2) is 18.7 Å². The molecule has 1 amide bonds. The molecule has 12 heteroatoms. The first-order valence-electron chi connectivity index (χ1n) is 11.6. The summed E-state index contributed by atoms with van der Waals surface area (Å²) in [5.41, 5.74) is 15.6. The summed E-state index contributed by atoms with van der Waals surface area (Å²) in [6.07, 6.45) is 5.70. The highest BCUT2D eigenvalue weighted by Crippen LogP contribution is 2.39. The molecule has 2 fully saturated rings. The molecular weight excluding hydrogens is 489 g/mol. The van der Waals surface area contributed by atoms with E-state index in [1.807, 2.05) is 29.6 Å². The monoisotopic (exact) mass is 517 g/mol. The Morgan fingerprint density at radius 3 is 2.74 bits per heavy atom. The summed E-state index contributed by atoms with van der Waals surface area (Å²) in [5, 5.41) is 4.02. The fourth-order valence-electron chi connectivity index (χ4n) is 4.61. The molecule has 1 atom stereocenters. The maximum absolute atomic E-state index is 12.9. The molecule has 35 heavy (non-hydrogen) atoms. The van der Waals surface area contributed by atoms with Crippen molar-refractivity contribution in [2.75, 3.05) is 37.8 Å². The lowest BCUT2D eigenvalue weighted by molar-refractivity contribution is -0.125. The largest absolute Gasteiger partial charge is 0.382 e. The summed E-state index contributed by atoms with van der Waals surface area (Å²) < 4.78 is 1.92. The molecule has 2 aliphatic rings. The van der Waals surface area contributed by atoms with E-state index in [0.717, 1.165) is 29.7 Å². The highest BCUT2D eigenvalue weighted by atomic mass is 35.5. The number of amides is 1. The van der Waals surface area contributed by atoms with Crippen molar-refractivity contribution < 1.29 is 4.79 Å². The van der Waals surface area contributed by atoms with Crippen molar-refractivity contribution >= 4 is 51.8 Å². The van der Waals surface area contributed by atoms with Crippen LogP contribution in [0.5, 0.6) is 0 Å². The molecule has 2 aromatic heterocycles. The van der Waals surface area contributed by atoms with Gasteiger partial charge in [-0.3, -0.25) is 4.79 Å². The van der Waals surface area contributed by atoms with Crippen LogP contribution < -0.4 is 21.7 Å². The van der Waals surface area contributed by atoms with Crippen LogP contribution in [-0.4, -0.2) is 69.1 Å². The number of carbonyl (C=O) groups is 1. The van der Waals surface area contributed by atoms with Crippen LogP contribution in [0.3, 0.4) is 0 Å². The number of fused-ring (bicyclic) bond motifs is 1. The molecule has 1 aromatic carbocycles. The molecule has 1 aliphatic heterocycles. The molecule has 1 saturated carbocycles. The van der Waals surface area contributed by atoms with Gasteiger partial charge in [-0.15, -0.1) is 0 Å². The van der Waals surface area contributed by atoms with Crippen molar-refractivity contribution in [3.8, 4) is 0 Å². The molecule has 0 bridgehead atoms. The minimum atomic E-state index is -0.961. The first kappa shape index (κ1) is 24.1. The minimum absolute atomic E-state index is 0.0922. The van der Waals surface area contributed by atoms with Gasteiger partial charge in [0.25, 0.3) is 0 Å². The lowest BCUT2D eigenvalue weighted by Crippen LogP contribution is -2.56. The first-order valence-corrected chi connectivity index (χ1v) is 12.3. The van der Waals surface area contributed by atoms with Gasteiger partial charge in [0.15, 0.2) is 11.5 Å². The van der Waals surface area contributed by atoms with Crippen LogP contribution in [-0.2, 0) is 17.9 Å². The summed E-state index contributed by atoms with van der Waals surface area (Å²) in [6.45, 7) is 2.03. The molecule has 0 radical (unpaired) electrons. The van der Waals surface area contributed by atoms with Gasteiger partial charge in [0, 0.05) is 36.9 Å². The number of benzene rings is 1. The van der Waals surface area contributed by atoms with E-state index in [-0.39, 0.29) is 11.9 Å². The molecule has 0 unspecified atom stereocenters. The predicted molar refractivity (Wildman–Crippen MR) is 138 cm³/mol. The van der Waals surface area contributed by atoms with E-state index < -0.39 is 5.54 Å². The van der Waals surface area contributed by atoms with Crippen molar-refractivity contribution in [3.05, 3.63) is 39.9 Å². The second-order valence-electron chi connectivity index (χ2n) is 9.77. The number of anilines is 2. The van der Waals surface area contributed by atoms with E-state index in [0.29, 0.717) is 59.6 Å². The summed E-state index contributed by atoms with van der Waals surface area (Å²) >= 11 is 13.4. The molecule has 5 rings (SSSR count). The summed E-state index contributed by atoms with van der Waals surface area (Å²) in [7, 11) is 3.95. The number of nitrogens with zero attached hydrogens (tertiary/aromatic N) is 6. The fraction of sp³-hybridized carbons (Fsp3) is 0.478. The van der Waals surface area contributed by atoms with E-state index in [4.69, 9.17) is 34.7 Å². The van der Waals surface area contributed by atoms with Gasteiger partial charge in [-0.05, 0) is 45.0 Å². The van der Waals surface area contributed by atoms with E-state index >= 15 is 0 Å². The number of aromatic nitrogens is 4. The van der Waals surface area contributed by atoms with Gasteiger partial charge >= 0.3 is 0 Å². The van der Waals surface area contributed by atoms with E-state index in [1.54, 1.807) is 6.33 Å². The number of rotatable bonds is 7. The molecule has 186 valence electrons. The summed E-state index contributed by atoms with van der Waals surface area (Å²) in [4.78, 5) is 29.9. The molecule has 1 saturated heterocycles. The minimum Gasteiger partial charge on any atom is -0.382 e. The molecule has 3 heterocycles. The van der Waals surface area contributed by atoms with Crippen LogP contribution >= 0.6 is 23.2 Å². The lowest BCUT2D eigenvalue weighted by Gasteiger charge is -2.28. The Balaban J connectivity index is 1.56. The Labute approximate surface area is 213 Å². The molecule has 1 aliphatic carbocycles. The molecular formula is C23H29Cl2N9O. The molecule has 0 spiro atoms. The third-order valence-electron chi connectivity index (χ3n) is 6.65. The van der Waals surface area contributed by atoms with Crippen LogP contribution in [0.2, 0.25) is 10.0 Å². The maximum atomic E-state index is 12.9. The number of halogens is 2. The zero-order chi connectivity index (χ0) is 24.9. The Morgan fingerprint density at radius 1 is 1.26 bits per heavy atom. The summed E-state index contributed by atoms with van der Waals surface area (Å²) in [5.74, 6) is 0.233. The number of hydrogen-bond donors (Lipinski definition) is 3. The van der Waals surface area contributed by atoms with Gasteiger partial charge in [-0.1, -0.05) is 23.2 Å². The Bertz CT molecular complexity index is 1290. The number of imidazole rings is 1. The van der Waals surface area contributed by atoms with Gasteiger partial charge < -0.3 is 31.2 Å². The number of nitrogen functional groups attached to an aromatic ring is 1. The zero-order valence-corrected chi connectivity index (χ0v) is 21.3. The molecule has 10 nitrogen and oxygen atoms in total. The predicted octanol–water partition coefficient (Wildman–Crippen LogP) is 2.01. The van der Waals surface area contributed by atoms with E-state index in [2.05, 4.69) is 25.2 Å². The SMILES string of the molecule is CN(C)Cc1c(Cl)c(Cl)cc(N2CC[C@](N)(C(=O)NC3CC3)C2)c1Cn1cnc2c(N)ncnc21. The normalized spacial score (nSPS) is 20.2. The Kier molecular flexibility index (Phi) is 6.25. The second-order valence-corrected chi connectivity index (χ2v) is 10.6. The maximum Gasteiger partial charge on any atom is 0.242 e. The highest BCUT2D eigenvalue weighted by molar-refractivity contribution is 6.42. The molecule has 5 N–H and O–H groups in total. The average molecular weight is 518 g/mol. The third-order valence-corrected chi connectivity index (χ3v) is 7.48. The number of nitrogens with two attached hydrogens (primary N) is 2. The van der Waals surface area contributed by atoms with Gasteiger partial charge in [-0.2, -0.15) is 0 Å². The lowest BCUT2D eigenvalue weighted by atomic mass is 9.99. The standard InChI is InChI=1S/C23H29Cl2N9O/c1-32(2)8-15-14(9-34-12-30-19-20(26)28-11-29-21(19)34)17(7-16(24)18(15)25)33-6-5-23(27,10-33)22(35)31-13-3-4-13/h7,11-13H,3-6,8-10,27H2,1-2H3,(H,31,35)(H2,26,28,29)/t23-/m1/s1. The first-order chi connectivity index (χ1) is 16.7. The Morgan fingerprint density at radius 2 is 2.03 bits per heavy atom. The van der Waals surface area contributed by atoms with Gasteiger partial charge in [0.1, 0.15) is 17.4 Å². The topological polar surface area (TPSA) is 131 Å². The summed E-state index contributed by atoms with van der Waals surface area (Å²) in [6, 6.07) is 2.12. The van der Waals surface area contributed by atoms with Crippen LogP contribution in [0.4, 0.5) is 11.5 Å². The zero-order valence-electron chi connectivity index (χ0n) is 19.8. The smallest absolute Gasteiger partial charge is 0.242 e. The van der Waals surface area contributed by atoms with Crippen molar-refractivity contribution in [3.63, 3.8) is 0 Å². The third kappa shape index (κ3) is 4.63. The number of nitrogens with one attached hydrogen (secondary N) is 1. The highest BCUT2D eigenvalue weighted by Gasteiger charge is 2.43. The number of hydrogen-bond acceptors (Lipinski definition) is 8. The van der Waals surface area contributed by atoms with E-state index in [1.165, 1.54) is 6.33 Å². The second kappa shape index (κ2) is 9.09. The van der Waals surface area contributed by atoms with Crippen molar-refractivity contribution in [1.82, 2.24) is 29.7 Å². The van der Waals surface area contributed by atoms with Crippen molar-refractivity contribution in [1.29, 1.82) is 0 Å². The molecule has 3 aromatic rings. The van der Waals surface area contributed by atoms with Gasteiger partial charge in [0.2, 0.25) is 5.91 Å². The van der Waals surface area contributed by atoms with Gasteiger partial charge in [0.05, 0.1) is 22.9 Å². The number of carbonyl (C=O) groups excluding carboxylic acids is 1. The Hall–Kier alpha value is -2.66. The van der Waals surface area contributed by atoms with Crippen LogP contribution in [0.25, 0.3) is 11.2 Å². The van der Waals surface area contributed by atoms with Crippen LogP contribution in [0, 0.1) is 0 Å². The van der Waals surface area contributed by atoms with Gasteiger partial charge in [-0.25, -0.2) is 15.0 Å². The van der Waals surface area contributed by atoms with Crippen LogP contribution in [0.1, 0.15) is 30.4 Å². The van der Waals surface area contributed by atoms with E-state index in [9.17, 15) is 4.79 Å².